The minimum Gasteiger partial charge on any atom is -0.301 e. The molecule has 0 spiro atoms. The number of nitriles is 1. The number of rotatable bonds is 4. The second-order valence-electron chi connectivity index (χ2n) is 6.21. The van der Waals surface area contributed by atoms with Gasteiger partial charge >= 0.3 is 0 Å². The average molecular weight is 360 g/mol. The van der Waals surface area contributed by atoms with E-state index in [2.05, 4.69) is 16.4 Å². The third-order valence-electron chi connectivity index (χ3n) is 4.52. The quantitative estimate of drug-likeness (QED) is 0.858. The first kappa shape index (κ1) is 16.9. The van der Waals surface area contributed by atoms with Crippen LogP contribution in [0.4, 0.5) is 5.13 Å². The van der Waals surface area contributed by atoms with Gasteiger partial charge in [0.1, 0.15) is 5.41 Å². The lowest BCUT2D eigenvalue weighted by atomic mass is 9.87. The normalized spacial score (nSPS) is 15.9. The number of hydrogen-bond acceptors (Lipinski definition) is 4. The molecule has 1 amide bonds. The van der Waals surface area contributed by atoms with E-state index in [0.29, 0.717) is 24.4 Å². The number of halogens is 1. The van der Waals surface area contributed by atoms with Gasteiger partial charge in [-0.25, -0.2) is 4.98 Å². The van der Waals surface area contributed by atoms with Crippen LogP contribution in [0.5, 0.6) is 0 Å². The number of nitrogens with one attached hydrogen (secondary N) is 1. The number of aryl methyl sites for hydroxylation is 1. The molecular formula is C18H18ClN3OS. The summed E-state index contributed by atoms with van der Waals surface area (Å²) in [5, 5.41) is 13.5. The maximum Gasteiger partial charge on any atom is 0.246 e. The second kappa shape index (κ2) is 6.92. The number of aromatic nitrogens is 1. The molecular weight excluding hydrogens is 342 g/mol. The molecule has 4 nitrogen and oxygen atoms in total. The van der Waals surface area contributed by atoms with Gasteiger partial charge in [-0.3, -0.25) is 4.79 Å². The molecule has 1 saturated carbocycles. The molecule has 2 aromatic rings. The van der Waals surface area contributed by atoms with Crippen LogP contribution < -0.4 is 5.32 Å². The average Bonchev–Trinajstić information content (AvgIpc) is 3.22. The predicted molar refractivity (Wildman–Crippen MR) is 96.3 cm³/mol. The van der Waals surface area contributed by atoms with Gasteiger partial charge in [-0.15, -0.1) is 11.3 Å². The second-order valence-corrected chi connectivity index (χ2v) is 7.70. The first-order valence-electron chi connectivity index (χ1n) is 7.95. The molecule has 1 aromatic carbocycles. The third-order valence-corrected chi connectivity index (χ3v) is 5.97. The Kier molecular flexibility index (Phi) is 4.88. The Morgan fingerprint density at radius 1 is 1.46 bits per heavy atom. The van der Waals surface area contributed by atoms with Gasteiger partial charge in [0.05, 0.1) is 6.07 Å². The van der Waals surface area contributed by atoms with E-state index in [-0.39, 0.29) is 5.91 Å². The van der Waals surface area contributed by atoms with Crippen LogP contribution in [-0.2, 0) is 11.2 Å². The molecule has 0 atom stereocenters. The van der Waals surface area contributed by atoms with Crippen LogP contribution in [0.25, 0.3) is 0 Å². The summed E-state index contributed by atoms with van der Waals surface area (Å²) in [5.74, 6) is -0.225. The van der Waals surface area contributed by atoms with Crippen LogP contribution in [-0.4, -0.2) is 10.9 Å². The lowest BCUT2D eigenvalue weighted by Gasteiger charge is -2.17. The van der Waals surface area contributed by atoms with E-state index in [4.69, 9.17) is 11.6 Å². The number of carbonyl (C=O) groups is 1. The number of nitrogens with zero attached hydrogens (tertiary/aromatic N) is 2. The molecule has 0 radical (unpaired) electrons. The molecule has 0 bridgehead atoms. The van der Waals surface area contributed by atoms with Crippen LogP contribution >= 0.6 is 22.9 Å². The van der Waals surface area contributed by atoms with E-state index >= 15 is 0 Å². The van der Waals surface area contributed by atoms with Gasteiger partial charge in [-0.2, -0.15) is 5.26 Å². The van der Waals surface area contributed by atoms with E-state index in [1.165, 1.54) is 11.3 Å². The first-order chi connectivity index (χ1) is 11.5. The van der Waals surface area contributed by atoms with Crippen LogP contribution in [0.15, 0.2) is 24.4 Å². The van der Waals surface area contributed by atoms with Crippen molar-refractivity contribution in [3.8, 4) is 6.07 Å². The zero-order valence-corrected chi connectivity index (χ0v) is 15.0. The molecule has 0 saturated heterocycles. The standard InChI is InChI=1S/C18H18ClN3OS/c1-12-5-4-6-13(15(12)19)9-14-10-21-17(24-14)22-16(23)18(11-20)7-2-3-8-18/h4-6,10H,2-3,7-9H2,1H3,(H,21,22,23). The highest BCUT2D eigenvalue weighted by Gasteiger charge is 2.41. The van der Waals surface area contributed by atoms with Crippen LogP contribution in [0, 0.1) is 23.7 Å². The van der Waals surface area contributed by atoms with Crippen molar-refractivity contribution in [2.75, 3.05) is 5.32 Å². The van der Waals surface area contributed by atoms with E-state index < -0.39 is 5.41 Å². The monoisotopic (exact) mass is 359 g/mol. The highest BCUT2D eigenvalue weighted by atomic mass is 35.5. The number of thiazole rings is 1. The van der Waals surface area contributed by atoms with Gasteiger partial charge in [-0.1, -0.05) is 42.6 Å². The zero-order valence-electron chi connectivity index (χ0n) is 13.4. The lowest BCUT2D eigenvalue weighted by Crippen LogP contribution is -2.32. The van der Waals surface area contributed by atoms with Crippen molar-refractivity contribution >= 4 is 34.0 Å². The van der Waals surface area contributed by atoms with Crippen molar-refractivity contribution in [1.82, 2.24) is 4.98 Å². The molecule has 1 aliphatic rings. The summed E-state index contributed by atoms with van der Waals surface area (Å²) in [6, 6.07) is 8.16. The van der Waals surface area contributed by atoms with Crippen molar-refractivity contribution in [3.63, 3.8) is 0 Å². The van der Waals surface area contributed by atoms with Crippen LogP contribution in [0.3, 0.4) is 0 Å². The smallest absolute Gasteiger partial charge is 0.246 e. The Balaban J connectivity index is 1.71. The van der Waals surface area contributed by atoms with Crippen molar-refractivity contribution in [2.24, 2.45) is 5.41 Å². The lowest BCUT2D eigenvalue weighted by molar-refractivity contribution is -0.122. The summed E-state index contributed by atoms with van der Waals surface area (Å²) in [5.41, 5.74) is 1.21. The Morgan fingerprint density at radius 3 is 2.92 bits per heavy atom. The maximum atomic E-state index is 12.4. The molecule has 1 N–H and O–H groups in total. The molecule has 1 aromatic heterocycles. The maximum absolute atomic E-state index is 12.4. The van der Waals surface area contributed by atoms with E-state index in [1.807, 2.05) is 25.1 Å². The SMILES string of the molecule is Cc1cccc(Cc2cnc(NC(=O)C3(C#N)CCCC3)s2)c1Cl. The van der Waals surface area contributed by atoms with Crippen LogP contribution in [0.2, 0.25) is 5.02 Å². The fourth-order valence-corrected chi connectivity index (χ4v) is 4.09. The topological polar surface area (TPSA) is 65.8 Å². The van der Waals surface area contributed by atoms with E-state index in [0.717, 1.165) is 33.9 Å². The molecule has 3 rings (SSSR count). The van der Waals surface area contributed by atoms with Crippen molar-refractivity contribution < 1.29 is 4.79 Å². The summed E-state index contributed by atoms with van der Waals surface area (Å²) in [7, 11) is 0. The Morgan fingerprint density at radius 2 is 2.21 bits per heavy atom. The fourth-order valence-electron chi connectivity index (χ4n) is 3.06. The van der Waals surface area contributed by atoms with Gasteiger partial charge in [0.2, 0.25) is 5.91 Å². The summed E-state index contributed by atoms with van der Waals surface area (Å²) in [4.78, 5) is 17.7. The van der Waals surface area contributed by atoms with Gasteiger partial charge in [0.25, 0.3) is 0 Å². The van der Waals surface area contributed by atoms with Gasteiger partial charge in [-0.05, 0) is 30.9 Å². The fraction of sp³-hybridized carbons (Fsp3) is 0.389. The largest absolute Gasteiger partial charge is 0.301 e. The highest BCUT2D eigenvalue weighted by Crippen LogP contribution is 2.38. The first-order valence-corrected chi connectivity index (χ1v) is 9.15. The predicted octanol–water partition coefficient (Wildman–Crippen LogP) is 4.72. The van der Waals surface area contributed by atoms with Crippen LogP contribution in [0.1, 0.15) is 41.7 Å². The zero-order chi connectivity index (χ0) is 17.2. The highest BCUT2D eigenvalue weighted by molar-refractivity contribution is 7.15. The number of amides is 1. The molecule has 0 unspecified atom stereocenters. The summed E-state index contributed by atoms with van der Waals surface area (Å²) in [6.45, 7) is 1.98. The Bertz CT molecular complexity index is 803. The molecule has 124 valence electrons. The van der Waals surface area contributed by atoms with Gasteiger partial charge < -0.3 is 5.32 Å². The van der Waals surface area contributed by atoms with Gasteiger partial charge in [0, 0.05) is 22.5 Å². The molecule has 1 aliphatic carbocycles. The van der Waals surface area contributed by atoms with Crippen molar-refractivity contribution in [2.45, 2.75) is 39.0 Å². The molecule has 0 aliphatic heterocycles. The summed E-state index contributed by atoms with van der Waals surface area (Å²) < 4.78 is 0. The molecule has 1 heterocycles. The van der Waals surface area contributed by atoms with Gasteiger partial charge in [0.15, 0.2) is 5.13 Å². The third kappa shape index (κ3) is 3.31. The van der Waals surface area contributed by atoms with Crippen molar-refractivity contribution in [3.05, 3.63) is 45.4 Å². The number of hydrogen-bond donors (Lipinski definition) is 1. The van der Waals surface area contributed by atoms with E-state index in [1.54, 1.807) is 6.20 Å². The summed E-state index contributed by atoms with van der Waals surface area (Å²) >= 11 is 7.76. The molecule has 24 heavy (non-hydrogen) atoms. The minimum absolute atomic E-state index is 0.225. The van der Waals surface area contributed by atoms with Crippen molar-refractivity contribution in [1.29, 1.82) is 5.26 Å². The summed E-state index contributed by atoms with van der Waals surface area (Å²) in [6.07, 6.45) is 5.55. The number of anilines is 1. The number of carbonyl (C=O) groups excluding carboxylic acids is 1. The molecule has 1 fully saturated rings. The number of benzene rings is 1. The molecule has 6 heteroatoms. The minimum atomic E-state index is -0.883. The van der Waals surface area contributed by atoms with E-state index in [9.17, 15) is 10.1 Å². The Hall–Kier alpha value is -1.90. The Labute approximate surface area is 150 Å².